The molecule has 0 saturated carbocycles. The predicted octanol–water partition coefficient (Wildman–Crippen LogP) is 1.69. The Hall–Kier alpha value is -2.56. The summed E-state index contributed by atoms with van der Waals surface area (Å²) < 4.78 is 28.0. The Kier molecular flexibility index (Phi) is 8.27. The fourth-order valence-corrected chi connectivity index (χ4v) is 3.99. The molecule has 0 aliphatic heterocycles. The lowest BCUT2D eigenvalue weighted by molar-refractivity contribution is -0.116. The molecule has 1 N–H and O–H groups in total. The number of rotatable bonds is 11. The Morgan fingerprint density at radius 2 is 1.77 bits per heavy atom. The third-order valence-electron chi connectivity index (χ3n) is 4.79. The summed E-state index contributed by atoms with van der Waals surface area (Å²) >= 11 is 0. The number of Topliss-reactive ketones (excluding diaryl/α,β-unsaturated/α-hetero) is 1. The van der Waals surface area contributed by atoms with Crippen molar-refractivity contribution in [2.45, 2.75) is 32.2 Å². The van der Waals surface area contributed by atoms with Crippen LogP contribution in [0.1, 0.15) is 31.1 Å². The van der Waals surface area contributed by atoms with Gasteiger partial charge in [-0.2, -0.15) is 9.40 Å². The van der Waals surface area contributed by atoms with Crippen molar-refractivity contribution in [3.05, 3.63) is 42.2 Å². The highest BCUT2D eigenvalue weighted by molar-refractivity contribution is 7.89. The maximum Gasteiger partial charge on any atom is 0.243 e. The van der Waals surface area contributed by atoms with Crippen LogP contribution >= 0.6 is 0 Å². The van der Waals surface area contributed by atoms with Crippen molar-refractivity contribution in [3.8, 4) is 0 Å². The number of nitrogens with zero attached hydrogens (tertiary/aromatic N) is 4. The maximum absolute atomic E-state index is 12.7. The van der Waals surface area contributed by atoms with Crippen LogP contribution in [-0.2, 0) is 21.4 Å². The lowest BCUT2D eigenvalue weighted by Crippen LogP contribution is -2.34. The summed E-state index contributed by atoms with van der Waals surface area (Å²) in [6.45, 7) is 8.72. The minimum Gasteiger partial charge on any atom is -0.322 e. The van der Waals surface area contributed by atoms with Gasteiger partial charge in [-0.05, 0) is 32.1 Å². The molecule has 2 rings (SSSR count). The van der Waals surface area contributed by atoms with E-state index in [-0.39, 0.29) is 17.2 Å². The molecule has 1 heterocycles. The molecular formula is C20H29N5O4S. The number of likely N-dealkylation sites (N-methyl/N-ethyl adjacent to an activating group) is 2. The standard InChI is InChI=1S/C20H29N5O4S/c1-5-24(6-2)11-12-25-14-18(13-21-25)22-20(27)15-23(4)30(28,29)19-9-7-17(8-10-19)16(3)26/h7-10,13-14H,5-6,11-12,15H2,1-4H3,(H,22,27). The second-order valence-electron chi connectivity index (χ2n) is 6.91. The Labute approximate surface area is 177 Å². The van der Waals surface area contributed by atoms with Crippen LogP contribution in [0.15, 0.2) is 41.6 Å². The smallest absolute Gasteiger partial charge is 0.243 e. The van der Waals surface area contributed by atoms with Crippen LogP contribution in [0.25, 0.3) is 0 Å². The van der Waals surface area contributed by atoms with Gasteiger partial charge in [0.05, 0.1) is 29.9 Å². The highest BCUT2D eigenvalue weighted by atomic mass is 32.2. The van der Waals surface area contributed by atoms with Crippen LogP contribution in [0.4, 0.5) is 5.69 Å². The van der Waals surface area contributed by atoms with E-state index in [4.69, 9.17) is 0 Å². The topological polar surface area (TPSA) is 105 Å². The molecule has 0 fully saturated rings. The third kappa shape index (κ3) is 6.22. The van der Waals surface area contributed by atoms with E-state index in [1.54, 1.807) is 10.9 Å². The van der Waals surface area contributed by atoms with Crippen LogP contribution in [-0.4, -0.2) is 72.3 Å². The summed E-state index contributed by atoms with van der Waals surface area (Å²) in [5, 5.41) is 6.89. The van der Waals surface area contributed by atoms with Gasteiger partial charge in [0.15, 0.2) is 5.78 Å². The largest absolute Gasteiger partial charge is 0.322 e. The van der Waals surface area contributed by atoms with E-state index < -0.39 is 15.9 Å². The molecule has 0 saturated heterocycles. The van der Waals surface area contributed by atoms with Gasteiger partial charge in [-0.15, -0.1) is 0 Å². The first-order valence-corrected chi connectivity index (χ1v) is 11.2. The predicted molar refractivity (Wildman–Crippen MR) is 115 cm³/mol. The fraction of sp³-hybridized carbons (Fsp3) is 0.450. The van der Waals surface area contributed by atoms with Gasteiger partial charge in [0.1, 0.15) is 0 Å². The quantitative estimate of drug-likeness (QED) is 0.539. The van der Waals surface area contributed by atoms with Crippen LogP contribution in [0.5, 0.6) is 0 Å². The summed E-state index contributed by atoms with van der Waals surface area (Å²) in [5.74, 6) is -0.617. The van der Waals surface area contributed by atoms with Gasteiger partial charge in [0.25, 0.3) is 0 Å². The number of carbonyl (C=O) groups is 2. The molecule has 0 spiro atoms. The summed E-state index contributed by atoms with van der Waals surface area (Å²) in [4.78, 5) is 25.9. The molecule has 0 radical (unpaired) electrons. The number of carbonyl (C=O) groups excluding carboxylic acids is 2. The van der Waals surface area contributed by atoms with Gasteiger partial charge in [0, 0.05) is 25.4 Å². The van der Waals surface area contributed by atoms with Crippen molar-refractivity contribution in [1.82, 2.24) is 19.0 Å². The van der Waals surface area contributed by atoms with E-state index in [1.807, 2.05) is 0 Å². The van der Waals surface area contributed by atoms with E-state index in [2.05, 4.69) is 29.2 Å². The number of hydrogen-bond acceptors (Lipinski definition) is 6. The SMILES string of the molecule is CCN(CC)CCn1cc(NC(=O)CN(C)S(=O)(=O)c2ccc(C(C)=O)cc2)cn1. The Morgan fingerprint density at radius 3 is 2.33 bits per heavy atom. The average Bonchev–Trinajstić information content (AvgIpc) is 3.15. The van der Waals surface area contributed by atoms with E-state index in [0.717, 1.165) is 23.9 Å². The lowest BCUT2D eigenvalue weighted by atomic mass is 10.2. The molecule has 164 valence electrons. The first kappa shape index (κ1) is 23.7. The highest BCUT2D eigenvalue weighted by Crippen LogP contribution is 2.16. The summed E-state index contributed by atoms with van der Waals surface area (Å²) in [6, 6.07) is 5.63. The van der Waals surface area contributed by atoms with Crippen molar-refractivity contribution >= 4 is 27.4 Å². The van der Waals surface area contributed by atoms with Crippen LogP contribution in [0.2, 0.25) is 0 Å². The Balaban J connectivity index is 1.94. The molecular weight excluding hydrogens is 406 g/mol. The molecule has 0 aliphatic rings. The molecule has 0 unspecified atom stereocenters. The van der Waals surface area contributed by atoms with Crippen molar-refractivity contribution in [2.24, 2.45) is 0 Å². The Morgan fingerprint density at radius 1 is 1.13 bits per heavy atom. The van der Waals surface area contributed by atoms with Gasteiger partial charge in [-0.1, -0.05) is 26.0 Å². The van der Waals surface area contributed by atoms with E-state index >= 15 is 0 Å². The number of aromatic nitrogens is 2. The molecule has 10 heteroatoms. The van der Waals surface area contributed by atoms with Crippen LogP contribution in [0, 0.1) is 0 Å². The molecule has 0 bridgehead atoms. The normalized spacial score (nSPS) is 11.8. The van der Waals surface area contributed by atoms with E-state index in [9.17, 15) is 18.0 Å². The zero-order chi connectivity index (χ0) is 22.3. The molecule has 1 aromatic carbocycles. The Bertz CT molecular complexity index is 965. The van der Waals surface area contributed by atoms with Crippen molar-refractivity contribution in [3.63, 3.8) is 0 Å². The zero-order valence-corrected chi connectivity index (χ0v) is 18.6. The van der Waals surface area contributed by atoms with Gasteiger partial charge in [-0.25, -0.2) is 8.42 Å². The fourth-order valence-electron chi connectivity index (χ4n) is 2.86. The van der Waals surface area contributed by atoms with Crippen LogP contribution in [0.3, 0.4) is 0 Å². The minimum absolute atomic E-state index is 0.0204. The lowest BCUT2D eigenvalue weighted by Gasteiger charge is -2.17. The minimum atomic E-state index is -3.85. The van der Waals surface area contributed by atoms with Gasteiger partial charge in [-0.3, -0.25) is 14.3 Å². The van der Waals surface area contributed by atoms with Crippen LogP contribution < -0.4 is 5.32 Å². The van der Waals surface area contributed by atoms with Crippen molar-refractivity contribution in [2.75, 3.05) is 38.5 Å². The number of amides is 1. The van der Waals surface area contributed by atoms with Gasteiger partial charge < -0.3 is 10.2 Å². The maximum atomic E-state index is 12.7. The van der Waals surface area contributed by atoms with E-state index in [1.165, 1.54) is 44.4 Å². The van der Waals surface area contributed by atoms with Crippen molar-refractivity contribution in [1.29, 1.82) is 0 Å². The molecule has 30 heavy (non-hydrogen) atoms. The van der Waals surface area contributed by atoms with Gasteiger partial charge >= 0.3 is 0 Å². The second kappa shape index (κ2) is 10.5. The summed E-state index contributed by atoms with van der Waals surface area (Å²) in [7, 11) is -2.52. The number of ketones is 1. The summed E-state index contributed by atoms with van der Waals surface area (Å²) in [6.07, 6.45) is 3.26. The first-order valence-electron chi connectivity index (χ1n) is 9.79. The molecule has 0 atom stereocenters. The van der Waals surface area contributed by atoms with E-state index in [0.29, 0.717) is 17.8 Å². The molecule has 2 aromatic rings. The number of anilines is 1. The van der Waals surface area contributed by atoms with Crippen molar-refractivity contribution < 1.29 is 18.0 Å². The average molecular weight is 436 g/mol. The number of benzene rings is 1. The molecule has 1 amide bonds. The second-order valence-corrected chi connectivity index (χ2v) is 8.95. The highest BCUT2D eigenvalue weighted by Gasteiger charge is 2.23. The zero-order valence-electron chi connectivity index (χ0n) is 17.8. The van der Waals surface area contributed by atoms with Gasteiger partial charge in [0.2, 0.25) is 15.9 Å². The summed E-state index contributed by atoms with van der Waals surface area (Å²) in [5.41, 5.74) is 0.934. The number of nitrogens with one attached hydrogen (secondary N) is 1. The first-order chi connectivity index (χ1) is 14.2. The number of sulfonamides is 1. The number of hydrogen-bond donors (Lipinski definition) is 1. The molecule has 9 nitrogen and oxygen atoms in total. The molecule has 0 aliphatic carbocycles. The third-order valence-corrected chi connectivity index (χ3v) is 6.61. The monoisotopic (exact) mass is 435 g/mol. The molecule has 1 aromatic heterocycles.